The summed E-state index contributed by atoms with van der Waals surface area (Å²) in [5, 5.41) is 11.1. The minimum Gasteiger partial charge on any atom is -0.490 e. The lowest BCUT2D eigenvalue weighted by atomic mass is 9.80. The van der Waals surface area contributed by atoms with Crippen LogP contribution in [0.1, 0.15) is 200 Å². The number of hydrogen-bond acceptors (Lipinski definition) is 7. The van der Waals surface area contributed by atoms with E-state index in [1.807, 2.05) is 12.4 Å². The third-order valence-electron chi connectivity index (χ3n) is 8.36. The predicted molar refractivity (Wildman–Crippen MR) is 222 cm³/mol. The van der Waals surface area contributed by atoms with Gasteiger partial charge in [-0.2, -0.15) is 5.10 Å². The number of hydrogen-bond donors (Lipinski definition) is 1. The van der Waals surface area contributed by atoms with Crippen molar-refractivity contribution in [2.24, 2.45) is 10.8 Å². The summed E-state index contributed by atoms with van der Waals surface area (Å²) >= 11 is 0. The molecule has 304 valence electrons. The molecule has 3 aromatic heterocycles. The molecule has 0 aromatic carbocycles. The molecule has 4 heterocycles. The van der Waals surface area contributed by atoms with Crippen LogP contribution in [-0.2, 0) is 42.0 Å². The van der Waals surface area contributed by atoms with Gasteiger partial charge in [-0.05, 0) is 16.4 Å². The summed E-state index contributed by atoms with van der Waals surface area (Å²) in [6.07, 6.45) is 5.32. The summed E-state index contributed by atoms with van der Waals surface area (Å²) in [5.41, 5.74) is 5.50. The van der Waals surface area contributed by atoms with E-state index in [9.17, 15) is 0 Å². The van der Waals surface area contributed by atoms with E-state index < -0.39 is 0 Å². The van der Waals surface area contributed by atoms with E-state index in [2.05, 4.69) is 187 Å². The lowest BCUT2D eigenvalue weighted by molar-refractivity contribution is 0.00833. The fraction of sp³-hybridized carbons (Fsp3) is 0.756. The zero-order chi connectivity index (χ0) is 41.8. The first kappa shape index (κ1) is 48.0. The Hall–Kier alpha value is -3.03. The predicted octanol–water partition coefficient (Wildman–Crippen LogP) is 12.9. The van der Waals surface area contributed by atoms with Gasteiger partial charge in [0.15, 0.2) is 6.39 Å². The van der Waals surface area contributed by atoms with Crippen LogP contribution in [0.2, 0.25) is 0 Å². The normalized spacial score (nSPS) is 14.9. The van der Waals surface area contributed by atoms with Crippen molar-refractivity contribution in [3.05, 3.63) is 64.3 Å². The number of nitrogens with zero attached hydrogens (tertiary/aromatic N) is 3. The SMILES string of the molecule is CC(C)(C)C1=C(C(C)(C)C)OCCO1.CC(C)(C)c1cn[nH]c1C(C)(C)C.CC(C)(C)c1cnoc1C(C)(C)C.CC(C)(C)c1ncoc1C(C)(C)C. The van der Waals surface area contributed by atoms with E-state index in [0.717, 1.165) is 28.7 Å². The monoisotopic (exact) mass is 741 g/mol. The average molecular weight is 741 g/mol. The second kappa shape index (κ2) is 16.8. The van der Waals surface area contributed by atoms with Gasteiger partial charge >= 0.3 is 0 Å². The van der Waals surface area contributed by atoms with E-state index in [4.69, 9.17) is 18.4 Å². The standard InChI is InChI=1S/C12H22O2.C11H20N2.2C11H19NO/c1-11(2,3)9-10(12(4,5)6)14-8-7-13-9;1-10(2,3)8-7-12-13-9(8)11(4,5)6;1-10(2,3)8-9(11(4,5)6)13-7-12-8;1-10(2,3)8-7-12-13-9(8)11(4,5)6/h7-8H2,1-6H3;7H,1-6H3,(H,12,13);2*7H,1-6H3. The summed E-state index contributed by atoms with van der Waals surface area (Å²) in [7, 11) is 0. The first-order valence-corrected chi connectivity index (χ1v) is 19.4. The molecule has 0 bridgehead atoms. The molecule has 0 radical (unpaired) electrons. The van der Waals surface area contributed by atoms with Crippen molar-refractivity contribution in [2.75, 3.05) is 13.2 Å². The number of nitrogens with one attached hydrogen (secondary N) is 1. The lowest BCUT2D eigenvalue weighted by Crippen LogP contribution is -2.28. The summed E-state index contributed by atoms with van der Waals surface area (Å²) in [6, 6.07) is 0. The van der Waals surface area contributed by atoms with Crippen LogP contribution in [0.3, 0.4) is 0 Å². The van der Waals surface area contributed by atoms with Crippen molar-refractivity contribution in [2.45, 2.75) is 199 Å². The van der Waals surface area contributed by atoms with E-state index in [1.54, 1.807) is 6.39 Å². The molecule has 0 amide bonds. The lowest BCUT2D eigenvalue weighted by Gasteiger charge is -2.35. The van der Waals surface area contributed by atoms with Gasteiger partial charge in [-0.15, -0.1) is 0 Å². The fourth-order valence-corrected chi connectivity index (χ4v) is 5.59. The average Bonchev–Trinajstić information content (AvgIpc) is 3.72. The van der Waals surface area contributed by atoms with Gasteiger partial charge < -0.3 is 18.4 Å². The molecule has 8 heteroatoms. The largest absolute Gasteiger partial charge is 0.490 e. The number of rotatable bonds is 0. The number of ether oxygens (including phenoxy) is 2. The van der Waals surface area contributed by atoms with E-state index >= 15 is 0 Å². The Bertz CT molecular complexity index is 1320. The molecule has 0 aliphatic carbocycles. The molecule has 0 unspecified atom stereocenters. The zero-order valence-corrected chi connectivity index (χ0v) is 38.6. The van der Waals surface area contributed by atoms with Crippen molar-refractivity contribution in [3.63, 3.8) is 0 Å². The minimum atomic E-state index is 0.0308. The number of oxazole rings is 1. The highest BCUT2D eigenvalue weighted by atomic mass is 16.6. The Balaban J connectivity index is 0.000000354. The highest BCUT2D eigenvalue weighted by Gasteiger charge is 2.34. The molecule has 1 N–H and O–H groups in total. The Labute approximate surface area is 325 Å². The molecule has 3 aromatic rings. The quantitative estimate of drug-likeness (QED) is 0.245. The van der Waals surface area contributed by atoms with Gasteiger partial charge in [0.05, 0.1) is 18.1 Å². The highest BCUT2D eigenvalue weighted by molar-refractivity contribution is 5.30. The molecule has 0 saturated heterocycles. The van der Waals surface area contributed by atoms with Crippen LogP contribution in [0.25, 0.3) is 0 Å². The molecule has 0 fully saturated rings. The first-order valence-electron chi connectivity index (χ1n) is 19.4. The van der Waals surface area contributed by atoms with Crippen LogP contribution < -0.4 is 0 Å². The second-order valence-corrected chi connectivity index (χ2v) is 22.6. The molecule has 1 aliphatic rings. The van der Waals surface area contributed by atoms with Crippen LogP contribution in [0.15, 0.2) is 39.2 Å². The van der Waals surface area contributed by atoms with E-state index in [0.29, 0.717) is 13.2 Å². The number of H-pyrrole nitrogens is 1. The summed E-state index contributed by atoms with van der Waals surface area (Å²) in [4.78, 5) is 4.29. The van der Waals surface area contributed by atoms with Crippen LogP contribution in [-0.4, -0.2) is 33.6 Å². The van der Waals surface area contributed by atoms with Gasteiger partial charge in [-0.1, -0.05) is 171 Å². The van der Waals surface area contributed by atoms with Crippen molar-refractivity contribution in [3.8, 4) is 0 Å². The second-order valence-electron chi connectivity index (χ2n) is 22.6. The van der Waals surface area contributed by atoms with Crippen LogP contribution in [0.5, 0.6) is 0 Å². The van der Waals surface area contributed by atoms with Gasteiger partial charge in [0.25, 0.3) is 0 Å². The maximum atomic E-state index is 5.74. The van der Waals surface area contributed by atoms with Crippen LogP contribution in [0, 0.1) is 10.8 Å². The van der Waals surface area contributed by atoms with E-state index in [-0.39, 0.29) is 43.3 Å². The molecule has 0 saturated carbocycles. The molecule has 8 nitrogen and oxygen atoms in total. The van der Waals surface area contributed by atoms with Gasteiger partial charge in [0.2, 0.25) is 0 Å². The van der Waals surface area contributed by atoms with Crippen molar-refractivity contribution < 1.29 is 18.4 Å². The Morgan fingerprint density at radius 3 is 1.19 bits per heavy atom. The smallest absolute Gasteiger partial charge is 0.181 e. The molecule has 53 heavy (non-hydrogen) atoms. The van der Waals surface area contributed by atoms with Crippen molar-refractivity contribution in [1.29, 1.82) is 0 Å². The van der Waals surface area contributed by atoms with Gasteiger partial charge in [-0.25, -0.2) is 4.98 Å². The Morgan fingerprint density at radius 2 is 0.906 bits per heavy atom. The van der Waals surface area contributed by atoms with Gasteiger partial charge in [0, 0.05) is 43.7 Å². The van der Waals surface area contributed by atoms with Crippen molar-refractivity contribution in [1.82, 2.24) is 20.3 Å². The molecule has 1 aliphatic heterocycles. The molecular formula is C45H80N4O4. The van der Waals surface area contributed by atoms with Crippen LogP contribution in [0.4, 0.5) is 0 Å². The zero-order valence-electron chi connectivity index (χ0n) is 38.6. The Morgan fingerprint density at radius 1 is 0.472 bits per heavy atom. The number of aromatic amines is 1. The van der Waals surface area contributed by atoms with Gasteiger partial charge in [-0.3, -0.25) is 5.10 Å². The third-order valence-corrected chi connectivity index (χ3v) is 8.36. The highest BCUT2D eigenvalue weighted by Crippen LogP contribution is 2.39. The van der Waals surface area contributed by atoms with Crippen molar-refractivity contribution >= 4 is 0 Å². The minimum absolute atomic E-state index is 0.0308. The summed E-state index contributed by atoms with van der Waals surface area (Å²) < 4.78 is 22.2. The molecule has 0 spiro atoms. The van der Waals surface area contributed by atoms with E-state index in [1.165, 1.54) is 16.8 Å². The fourth-order valence-electron chi connectivity index (χ4n) is 5.59. The van der Waals surface area contributed by atoms with Crippen LogP contribution >= 0.6 is 0 Å². The van der Waals surface area contributed by atoms with Gasteiger partial charge in [0.1, 0.15) is 36.3 Å². The third kappa shape index (κ3) is 14.6. The summed E-state index contributed by atoms with van der Waals surface area (Å²) in [5.74, 6) is 4.02. The maximum absolute atomic E-state index is 5.74. The molecule has 4 rings (SSSR count). The molecular weight excluding hydrogens is 661 g/mol. The number of aromatic nitrogens is 4. The number of allylic oxidation sites excluding steroid dienone is 2. The topological polar surface area (TPSA) is 99.2 Å². The maximum Gasteiger partial charge on any atom is 0.181 e. The Kier molecular flexibility index (Phi) is 15.2. The summed E-state index contributed by atoms with van der Waals surface area (Å²) in [6.45, 7) is 53.4. The molecule has 0 atom stereocenters. The first-order chi connectivity index (χ1) is 23.4.